The van der Waals surface area contributed by atoms with Gasteiger partial charge < -0.3 is 16.4 Å². The van der Waals surface area contributed by atoms with Gasteiger partial charge in [0.2, 0.25) is 0 Å². The summed E-state index contributed by atoms with van der Waals surface area (Å²) in [5.41, 5.74) is 9.76. The van der Waals surface area contributed by atoms with Gasteiger partial charge in [-0.1, -0.05) is 53.3 Å². The highest BCUT2D eigenvalue weighted by atomic mass is 35.5. The molecule has 8 heteroatoms. The average molecular weight is 397 g/mol. The maximum absolute atomic E-state index is 6.25. The zero-order valence-electron chi connectivity index (χ0n) is 14.5. The number of aryl methyl sites for hydroxylation is 1. The van der Waals surface area contributed by atoms with Gasteiger partial charge in [-0.3, -0.25) is 0 Å². The van der Waals surface area contributed by atoms with Crippen molar-refractivity contribution in [2.75, 3.05) is 16.4 Å². The lowest BCUT2D eigenvalue weighted by molar-refractivity contribution is 1.09. The van der Waals surface area contributed by atoms with E-state index < -0.39 is 0 Å². The lowest BCUT2D eigenvalue weighted by atomic mass is 10.2. The Hall–Kier alpha value is -2.90. The Balaban J connectivity index is 1.56. The minimum absolute atomic E-state index is 0.431. The highest BCUT2D eigenvalue weighted by molar-refractivity contribution is 7.22. The molecule has 2 heterocycles. The van der Waals surface area contributed by atoms with E-state index in [1.54, 1.807) is 11.3 Å². The van der Waals surface area contributed by atoms with Crippen LogP contribution in [0.5, 0.6) is 0 Å². The van der Waals surface area contributed by atoms with E-state index in [-0.39, 0.29) is 0 Å². The molecular weight excluding hydrogens is 380 g/mol. The molecule has 0 amide bonds. The first-order chi connectivity index (χ1) is 13.1. The van der Waals surface area contributed by atoms with Crippen molar-refractivity contribution in [1.82, 2.24) is 15.0 Å². The summed E-state index contributed by atoms with van der Waals surface area (Å²) in [4.78, 5) is 13.1. The number of nitrogens with zero attached hydrogens (tertiary/aromatic N) is 3. The van der Waals surface area contributed by atoms with E-state index in [0.717, 1.165) is 26.5 Å². The summed E-state index contributed by atoms with van der Waals surface area (Å²) in [6.45, 7) is 2.56. The summed E-state index contributed by atoms with van der Waals surface area (Å²) < 4.78 is 1.11. The van der Waals surface area contributed by atoms with Gasteiger partial charge in [0.25, 0.3) is 0 Å². The van der Waals surface area contributed by atoms with Crippen molar-refractivity contribution < 1.29 is 0 Å². The number of hydrogen-bond donors (Lipinski definition) is 3. The number of fused-ring (bicyclic) bond motifs is 1. The minimum Gasteiger partial charge on any atom is -0.393 e. The van der Waals surface area contributed by atoms with Gasteiger partial charge in [-0.05, 0) is 30.2 Å². The Labute approximate surface area is 165 Å². The number of nitrogens with two attached hydrogens (primary N) is 1. The fourth-order valence-electron chi connectivity index (χ4n) is 2.70. The minimum atomic E-state index is 0.431. The number of benzene rings is 2. The van der Waals surface area contributed by atoms with Crippen molar-refractivity contribution in [1.29, 1.82) is 0 Å². The Morgan fingerprint density at radius 1 is 1.07 bits per heavy atom. The Morgan fingerprint density at radius 2 is 1.89 bits per heavy atom. The maximum atomic E-state index is 6.25. The molecular formula is C19H17ClN6S. The van der Waals surface area contributed by atoms with Gasteiger partial charge in [-0.15, -0.1) is 0 Å². The topological polar surface area (TPSA) is 88.8 Å². The first-order valence-corrected chi connectivity index (χ1v) is 9.52. The van der Waals surface area contributed by atoms with Crippen molar-refractivity contribution in [2.24, 2.45) is 0 Å². The lowest BCUT2D eigenvalue weighted by Crippen LogP contribution is -2.08. The molecule has 0 bridgehead atoms. The van der Waals surface area contributed by atoms with Crippen LogP contribution in [-0.2, 0) is 6.54 Å². The summed E-state index contributed by atoms with van der Waals surface area (Å²) >= 11 is 7.75. The van der Waals surface area contributed by atoms with Gasteiger partial charge in [0.05, 0.1) is 10.2 Å². The van der Waals surface area contributed by atoms with Crippen LogP contribution in [0, 0.1) is 6.92 Å². The van der Waals surface area contributed by atoms with Crippen molar-refractivity contribution in [2.45, 2.75) is 13.5 Å². The molecule has 4 N–H and O–H groups in total. The zero-order valence-corrected chi connectivity index (χ0v) is 16.1. The van der Waals surface area contributed by atoms with Crippen LogP contribution in [0.1, 0.15) is 11.1 Å². The van der Waals surface area contributed by atoms with Gasteiger partial charge in [-0.2, -0.15) is 0 Å². The van der Waals surface area contributed by atoms with E-state index in [0.29, 0.717) is 28.9 Å². The number of para-hydroxylation sites is 1. The Kier molecular flexibility index (Phi) is 4.79. The van der Waals surface area contributed by atoms with Crippen molar-refractivity contribution >= 4 is 55.6 Å². The third kappa shape index (κ3) is 3.65. The molecule has 0 saturated heterocycles. The van der Waals surface area contributed by atoms with Crippen molar-refractivity contribution in [3.63, 3.8) is 0 Å². The quantitative estimate of drug-likeness (QED) is 0.440. The highest BCUT2D eigenvalue weighted by Crippen LogP contribution is 2.32. The molecule has 27 heavy (non-hydrogen) atoms. The Bertz CT molecular complexity index is 1110. The second kappa shape index (κ2) is 7.38. The van der Waals surface area contributed by atoms with Crippen LogP contribution < -0.4 is 16.4 Å². The largest absolute Gasteiger partial charge is 0.393 e. The predicted octanol–water partition coefficient (Wildman–Crippen LogP) is 4.99. The number of aromatic nitrogens is 3. The molecule has 4 aromatic rings. The number of halogens is 1. The molecule has 0 saturated carbocycles. The molecule has 4 rings (SSSR count). The Morgan fingerprint density at radius 3 is 2.70 bits per heavy atom. The lowest BCUT2D eigenvalue weighted by Gasteiger charge is -2.12. The van der Waals surface area contributed by atoms with E-state index in [2.05, 4.69) is 25.6 Å². The standard InChI is InChI=1S/C19H17ClN6S/c1-11-5-4-8-14-16(11)25-19(27-14)26-18-15(21)17(23-10-24-18)22-9-12-6-2-3-7-13(12)20/h2-8,10H,9,21H2,1H3,(H2,22,23,24,25,26). The molecule has 0 radical (unpaired) electrons. The van der Waals surface area contributed by atoms with Crippen LogP contribution in [0.4, 0.5) is 22.5 Å². The predicted molar refractivity (Wildman–Crippen MR) is 113 cm³/mol. The number of thiazole rings is 1. The summed E-state index contributed by atoms with van der Waals surface area (Å²) in [5, 5.41) is 7.85. The third-order valence-corrected chi connectivity index (χ3v) is 5.44. The fourth-order valence-corrected chi connectivity index (χ4v) is 3.84. The van der Waals surface area contributed by atoms with Crippen molar-refractivity contribution in [3.8, 4) is 0 Å². The van der Waals surface area contributed by atoms with Crippen LogP contribution in [0.2, 0.25) is 5.02 Å². The third-order valence-electron chi connectivity index (χ3n) is 4.13. The highest BCUT2D eigenvalue weighted by Gasteiger charge is 2.12. The van der Waals surface area contributed by atoms with Gasteiger partial charge in [-0.25, -0.2) is 15.0 Å². The molecule has 0 fully saturated rings. The zero-order chi connectivity index (χ0) is 18.8. The summed E-state index contributed by atoms with van der Waals surface area (Å²) in [6.07, 6.45) is 1.46. The van der Waals surface area contributed by atoms with Gasteiger partial charge in [0.15, 0.2) is 16.8 Å². The van der Waals surface area contributed by atoms with E-state index in [1.165, 1.54) is 6.33 Å². The summed E-state index contributed by atoms with van der Waals surface area (Å²) in [5.74, 6) is 1.06. The van der Waals surface area contributed by atoms with Crippen LogP contribution in [0.3, 0.4) is 0 Å². The van der Waals surface area contributed by atoms with Gasteiger partial charge >= 0.3 is 0 Å². The molecule has 0 aliphatic heterocycles. The molecule has 0 aliphatic rings. The molecule has 0 aliphatic carbocycles. The summed E-state index contributed by atoms with van der Waals surface area (Å²) in [7, 11) is 0. The van der Waals surface area contributed by atoms with Crippen molar-refractivity contribution in [3.05, 3.63) is 64.9 Å². The monoisotopic (exact) mass is 396 g/mol. The number of rotatable bonds is 5. The molecule has 0 unspecified atom stereocenters. The van der Waals surface area contributed by atoms with Gasteiger partial charge in [0, 0.05) is 11.6 Å². The molecule has 0 spiro atoms. The number of hydrogen-bond acceptors (Lipinski definition) is 7. The van der Waals surface area contributed by atoms with E-state index >= 15 is 0 Å². The molecule has 2 aromatic heterocycles. The molecule has 6 nitrogen and oxygen atoms in total. The van der Waals surface area contributed by atoms with Crippen LogP contribution in [-0.4, -0.2) is 15.0 Å². The van der Waals surface area contributed by atoms with Crippen LogP contribution in [0.15, 0.2) is 48.8 Å². The van der Waals surface area contributed by atoms with Crippen LogP contribution in [0.25, 0.3) is 10.2 Å². The second-order valence-corrected chi connectivity index (χ2v) is 7.43. The SMILES string of the molecule is Cc1cccc2sc(Nc3ncnc(NCc4ccccc4Cl)c3N)nc12. The van der Waals surface area contributed by atoms with Gasteiger partial charge in [0.1, 0.15) is 12.0 Å². The van der Waals surface area contributed by atoms with E-state index in [9.17, 15) is 0 Å². The van der Waals surface area contributed by atoms with E-state index in [4.69, 9.17) is 17.3 Å². The number of nitrogens with one attached hydrogen (secondary N) is 2. The first-order valence-electron chi connectivity index (χ1n) is 8.33. The molecule has 136 valence electrons. The average Bonchev–Trinajstić information content (AvgIpc) is 3.08. The fraction of sp³-hybridized carbons (Fsp3) is 0.105. The second-order valence-electron chi connectivity index (χ2n) is 6.00. The first kappa shape index (κ1) is 17.5. The molecule has 0 atom stereocenters. The maximum Gasteiger partial charge on any atom is 0.189 e. The number of anilines is 4. The smallest absolute Gasteiger partial charge is 0.189 e. The normalized spacial score (nSPS) is 10.9. The van der Waals surface area contributed by atoms with Crippen LogP contribution >= 0.6 is 22.9 Å². The van der Waals surface area contributed by atoms with E-state index in [1.807, 2.05) is 49.4 Å². The molecule has 2 aromatic carbocycles. The number of nitrogen functional groups attached to an aromatic ring is 1. The summed E-state index contributed by atoms with van der Waals surface area (Å²) in [6, 6.07) is 13.8.